The maximum Gasteiger partial charge on any atom is 0.129 e. The molecule has 0 fully saturated rings. The average Bonchev–Trinajstić information content (AvgIpc) is 2.14. The second-order valence-corrected chi connectivity index (χ2v) is 3.23. The largest absolute Gasteiger partial charge is 0.206 e. The van der Waals surface area contributed by atoms with Crippen LogP contribution in [0, 0.1) is 31.0 Å². The van der Waals surface area contributed by atoms with Crippen molar-refractivity contribution < 1.29 is 4.39 Å². The summed E-state index contributed by atoms with van der Waals surface area (Å²) >= 11 is 0. The molecule has 0 amide bonds. The zero-order chi connectivity index (χ0) is 10.6. The molecule has 14 heavy (non-hydrogen) atoms. The maximum atomic E-state index is 13.2. The van der Waals surface area contributed by atoms with Gasteiger partial charge in [0.05, 0.1) is 12.5 Å². The van der Waals surface area contributed by atoms with Gasteiger partial charge >= 0.3 is 0 Å². The number of hydrogen-bond acceptors (Lipinski definition) is 1. The minimum absolute atomic E-state index is 0.151. The molecule has 2 heteroatoms. The Balaban J connectivity index is 2.96. The molecule has 0 heterocycles. The Morgan fingerprint density at radius 2 is 1.93 bits per heavy atom. The van der Waals surface area contributed by atoms with Crippen molar-refractivity contribution in [3.8, 4) is 6.07 Å². The Morgan fingerprint density at radius 1 is 1.36 bits per heavy atom. The first-order valence-electron chi connectivity index (χ1n) is 4.45. The third-order valence-electron chi connectivity index (χ3n) is 1.98. The van der Waals surface area contributed by atoms with Crippen molar-refractivity contribution in [2.45, 2.75) is 20.3 Å². The van der Waals surface area contributed by atoms with Gasteiger partial charge in [-0.05, 0) is 42.7 Å². The van der Waals surface area contributed by atoms with Crippen LogP contribution in [0.15, 0.2) is 18.2 Å². The van der Waals surface area contributed by atoms with Gasteiger partial charge in [-0.15, -0.1) is 0 Å². The number of allylic oxidation sites excluding steroid dienone is 1. The zero-order valence-corrected chi connectivity index (χ0v) is 8.34. The maximum absolute atomic E-state index is 13.2. The first-order chi connectivity index (χ1) is 6.65. The molecule has 1 nitrogen and oxygen atoms in total. The van der Waals surface area contributed by atoms with Gasteiger partial charge in [0, 0.05) is 0 Å². The summed E-state index contributed by atoms with van der Waals surface area (Å²) in [6.07, 6.45) is 3.99. The number of rotatable bonds is 2. The lowest BCUT2D eigenvalue weighted by atomic mass is 10.1. The second-order valence-electron chi connectivity index (χ2n) is 3.23. The molecule has 72 valence electrons. The lowest BCUT2D eigenvalue weighted by Crippen LogP contribution is -1.88. The Hall–Kier alpha value is -1.62. The quantitative estimate of drug-likeness (QED) is 0.699. The van der Waals surface area contributed by atoms with Crippen molar-refractivity contribution in [2.75, 3.05) is 0 Å². The molecule has 0 bridgehead atoms. The molecule has 0 N–H and O–H groups in total. The van der Waals surface area contributed by atoms with Crippen LogP contribution >= 0.6 is 0 Å². The van der Waals surface area contributed by atoms with E-state index >= 15 is 0 Å². The van der Waals surface area contributed by atoms with Crippen molar-refractivity contribution in [1.29, 1.82) is 5.26 Å². The fourth-order valence-electron chi connectivity index (χ4n) is 1.32. The van der Waals surface area contributed by atoms with E-state index in [1.807, 2.05) is 12.1 Å². The zero-order valence-electron chi connectivity index (χ0n) is 8.34. The smallest absolute Gasteiger partial charge is 0.129 e. The molecule has 1 rings (SSSR count). The fourth-order valence-corrected chi connectivity index (χ4v) is 1.32. The number of nitrogens with zero attached hydrogens (tertiary/aromatic N) is 1. The molecule has 0 aliphatic carbocycles. The van der Waals surface area contributed by atoms with Gasteiger partial charge in [-0.3, -0.25) is 0 Å². The molecule has 1 aromatic rings. The Labute approximate surface area is 83.5 Å². The predicted molar refractivity (Wildman–Crippen MR) is 55.1 cm³/mol. The summed E-state index contributed by atoms with van der Waals surface area (Å²) < 4.78 is 13.2. The highest BCUT2D eigenvalue weighted by molar-refractivity contribution is 5.52. The standard InChI is InChI=1S/C12H12FN/c1-9-7-11(5-3-4-6-14)8-10(2)12(9)13/h3,5,7-8H,4H2,1-2H3. The summed E-state index contributed by atoms with van der Waals surface area (Å²) in [5.74, 6) is -0.151. The van der Waals surface area contributed by atoms with Crippen LogP contribution in [0.2, 0.25) is 0 Å². The third kappa shape index (κ3) is 2.43. The molecule has 0 saturated carbocycles. The Morgan fingerprint density at radius 3 is 2.43 bits per heavy atom. The van der Waals surface area contributed by atoms with Crippen LogP contribution in [0.1, 0.15) is 23.1 Å². The third-order valence-corrected chi connectivity index (χ3v) is 1.98. The van der Waals surface area contributed by atoms with Gasteiger partial charge in [0.15, 0.2) is 0 Å². The minimum Gasteiger partial charge on any atom is -0.206 e. The van der Waals surface area contributed by atoms with Crippen molar-refractivity contribution in [3.05, 3.63) is 40.7 Å². The van der Waals surface area contributed by atoms with Crippen LogP contribution in [-0.2, 0) is 0 Å². The van der Waals surface area contributed by atoms with E-state index in [0.717, 1.165) is 5.56 Å². The molecule has 0 aliphatic heterocycles. The highest BCUT2D eigenvalue weighted by Gasteiger charge is 2.01. The van der Waals surface area contributed by atoms with E-state index in [1.165, 1.54) is 0 Å². The minimum atomic E-state index is -0.151. The highest BCUT2D eigenvalue weighted by atomic mass is 19.1. The van der Waals surface area contributed by atoms with Gasteiger partial charge in [-0.2, -0.15) is 5.26 Å². The molecular formula is C12H12FN. The van der Waals surface area contributed by atoms with E-state index in [-0.39, 0.29) is 5.82 Å². The molecule has 0 radical (unpaired) electrons. The molecule has 0 aliphatic rings. The van der Waals surface area contributed by atoms with E-state index in [4.69, 9.17) is 5.26 Å². The molecule has 0 unspecified atom stereocenters. The topological polar surface area (TPSA) is 23.8 Å². The van der Waals surface area contributed by atoms with E-state index in [0.29, 0.717) is 17.5 Å². The van der Waals surface area contributed by atoms with E-state index in [1.54, 1.807) is 32.1 Å². The van der Waals surface area contributed by atoms with Crippen molar-refractivity contribution in [2.24, 2.45) is 0 Å². The molecule has 1 aromatic carbocycles. The van der Waals surface area contributed by atoms with Crippen molar-refractivity contribution >= 4 is 6.08 Å². The van der Waals surface area contributed by atoms with Crippen LogP contribution in [-0.4, -0.2) is 0 Å². The molecule has 0 saturated heterocycles. The summed E-state index contributed by atoms with van der Waals surface area (Å²) in [5, 5.41) is 8.34. The van der Waals surface area contributed by atoms with Gasteiger partial charge in [0.1, 0.15) is 5.82 Å². The van der Waals surface area contributed by atoms with E-state index in [2.05, 4.69) is 0 Å². The van der Waals surface area contributed by atoms with Crippen LogP contribution in [0.4, 0.5) is 4.39 Å². The summed E-state index contributed by atoms with van der Waals surface area (Å²) in [6.45, 7) is 3.48. The number of halogens is 1. The Bertz CT molecular complexity index is 376. The molecular weight excluding hydrogens is 177 g/mol. The van der Waals surface area contributed by atoms with E-state index in [9.17, 15) is 4.39 Å². The molecule has 0 aromatic heterocycles. The van der Waals surface area contributed by atoms with Gasteiger partial charge < -0.3 is 0 Å². The summed E-state index contributed by atoms with van der Waals surface area (Å²) in [6, 6.07) is 5.57. The van der Waals surface area contributed by atoms with Crippen LogP contribution in [0.3, 0.4) is 0 Å². The first-order valence-corrected chi connectivity index (χ1v) is 4.45. The summed E-state index contributed by atoms with van der Waals surface area (Å²) in [5.41, 5.74) is 2.22. The normalized spacial score (nSPS) is 10.4. The number of hydrogen-bond donors (Lipinski definition) is 0. The summed E-state index contributed by atoms with van der Waals surface area (Å²) in [7, 11) is 0. The van der Waals surface area contributed by atoms with Gasteiger partial charge in [-0.1, -0.05) is 12.2 Å². The van der Waals surface area contributed by atoms with E-state index < -0.39 is 0 Å². The van der Waals surface area contributed by atoms with Crippen LogP contribution in [0.5, 0.6) is 0 Å². The van der Waals surface area contributed by atoms with Gasteiger partial charge in [-0.25, -0.2) is 4.39 Å². The fraction of sp³-hybridized carbons (Fsp3) is 0.250. The van der Waals surface area contributed by atoms with Gasteiger partial charge in [0.2, 0.25) is 0 Å². The molecule has 0 atom stereocenters. The van der Waals surface area contributed by atoms with Gasteiger partial charge in [0.25, 0.3) is 0 Å². The first kappa shape index (κ1) is 10.5. The number of nitriles is 1. The monoisotopic (exact) mass is 189 g/mol. The average molecular weight is 189 g/mol. The lowest BCUT2D eigenvalue weighted by molar-refractivity contribution is 0.609. The Kier molecular flexibility index (Phi) is 3.41. The molecule has 0 spiro atoms. The van der Waals surface area contributed by atoms with Crippen molar-refractivity contribution in [1.82, 2.24) is 0 Å². The van der Waals surface area contributed by atoms with Crippen LogP contribution < -0.4 is 0 Å². The SMILES string of the molecule is Cc1cc(C=CCC#N)cc(C)c1F. The van der Waals surface area contributed by atoms with Crippen LogP contribution in [0.25, 0.3) is 6.08 Å². The predicted octanol–water partition coefficient (Wildman–Crippen LogP) is 3.37. The lowest BCUT2D eigenvalue weighted by Gasteiger charge is -2.02. The summed E-state index contributed by atoms with van der Waals surface area (Å²) in [4.78, 5) is 0. The highest BCUT2D eigenvalue weighted by Crippen LogP contribution is 2.15. The second kappa shape index (κ2) is 4.57. The van der Waals surface area contributed by atoms with Crippen molar-refractivity contribution in [3.63, 3.8) is 0 Å². The number of benzene rings is 1. The number of aryl methyl sites for hydroxylation is 2.